The summed E-state index contributed by atoms with van der Waals surface area (Å²) >= 11 is 0. The molecule has 94 valence electrons. The fourth-order valence-corrected chi connectivity index (χ4v) is 2.40. The molecule has 0 aliphatic carbocycles. The van der Waals surface area contributed by atoms with Gasteiger partial charge >= 0.3 is 0 Å². The standard InChI is InChI=1S/C17H21N/c1-12-11-13(2)16(17(3,4)5)18-15(12)14-9-7-6-8-10-14/h6-11H,1-5H3. The van der Waals surface area contributed by atoms with E-state index in [4.69, 9.17) is 4.98 Å². The number of aromatic nitrogens is 1. The second kappa shape index (κ2) is 4.56. The quantitative estimate of drug-likeness (QED) is 0.705. The summed E-state index contributed by atoms with van der Waals surface area (Å²) < 4.78 is 0. The Morgan fingerprint density at radius 1 is 0.889 bits per heavy atom. The molecule has 1 heteroatoms. The fourth-order valence-electron chi connectivity index (χ4n) is 2.40. The number of rotatable bonds is 1. The molecule has 0 radical (unpaired) electrons. The SMILES string of the molecule is Cc1cc(C)c(C(C)(C)C)nc1-c1ccccc1. The van der Waals surface area contributed by atoms with Crippen molar-refractivity contribution in [1.29, 1.82) is 0 Å². The van der Waals surface area contributed by atoms with Crippen molar-refractivity contribution in [3.05, 3.63) is 53.2 Å². The molecule has 1 aromatic carbocycles. The van der Waals surface area contributed by atoms with Gasteiger partial charge in [0.2, 0.25) is 0 Å². The van der Waals surface area contributed by atoms with Crippen molar-refractivity contribution in [2.75, 3.05) is 0 Å². The summed E-state index contributed by atoms with van der Waals surface area (Å²) in [6.45, 7) is 10.9. The van der Waals surface area contributed by atoms with Crippen LogP contribution in [0.15, 0.2) is 36.4 Å². The lowest BCUT2D eigenvalue weighted by Gasteiger charge is -2.22. The normalized spacial score (nSPS) is 11.6. The van der Waals surface area contributed by atoms with Crippen LogP contribution in [0, 0.1) is 13.8 Å². The van der Waals surface area contributed by atoms with Crippen LogP contribution in [0.2, 0.25) is 0 Å². The molecule has 0 fully saturated rings. The first-order valence-electron chi connectivity index (χ1n) is 6.44. The highest BCUT2D eigenvalue weighted by Gasteiger charge is 2.19. The summed E-state index contributed by atoms with van der Waals surface area (Å²) in [5, 5.41) is 0. The topological polar surface area (TPSA) is 12.9 Å². The number of benzene rings is 1. The molecule has 0 atom stereocenters. The van der Waals surface area contributed by atoms with Gasteiger partial charge in [-0.1, -0.05) is 57.2 Å². The third-order valence-electron chi connectivity index (χ3n) is 3.16. The van der Waals surface area contributed by atoms with Gasteiger partial charge in [-0.05, 0) is 25.0 Å². The number of pyridine rings is 1. The van der Waals surface area contributed by atoms with Crippen LogP contribution in [-0.2, 0) is 5.41 Å². The van der Waals surface area contributed by atoms with Gasteiger partial charge in [0.15, 0.2) is 0 Å². The molecule has 0 saturated heterocycles. The van der Waals surface area contributed by atoms with Gasteiger partial charge in [-0.3, -0.25) is 4.98 Å². The van der Waals surface area contributed by atoms with Crippen molar-refractivity contribution in [3.63, 3.8) is 0 Å². The predicted octanol–water partition coefficient (Wildman–Crippen LogP) is 4.66. The van der Waals surface area contributed by atoms with E-state index >= 15 is 0 Å². The molecule has 2 rings (SSSR count). The van der Waals surface area contributed by atoms with Crippen LogP contribution >= 0.6 is 0 Å². The third kappa shape index (κ3) is 2.45. The van der Waals surface area contributed by atoms with Gasteiger partial charge in [0.1, 0.15) is 0 Å². The molecule has 1 aromatic heterocycles. The Morgan fingerprint density at radius 3 is 2.06 bits per heavy atom. The molecule has 2 aromatic rings. The highest BCUT2D eigenvalue weighted by molar-refractivity contribution is 5.63. The molecular formula is C17H21N. The van der Waals surface area contributed by atoms with Crippen LogP contribution in [0.4, 0.5) is 0 Å². The largest absolute Gasteiger partial charge is 0.252 e. The predicted molar refractivity (Wildman–Crippen MR) is 77.8 cm³/mol. The van der Waals surface area contributed by atoms with Crippen LogP contribution in [0.3, 0.4) is 0 Å². The van der Waals surface area contributed by atoms with Crippen molar-refractivity contribution >= 4 is 0 Å². The molecule has 0 amide bonds. The highest BCUT2D eigenvalue weighted by atomic mass is 14.7. The molecule has 1 nitrogen and oxygen atoms in total. The summed E-state index contributed by atoms with van der Waals surface area (Å²) in [6, 6.07) is 12.7. The van der Waals surface area contributed by atoms with E-state index in [-0.39, 0.29) is 5.41 Å². The van der Waals surface area contributed by atoms with Gasteiger partial charge in [-0.15, -0.1) is 0 Å². The van der Waals surface area contributed by atoms with Gasteiger partial charge in [0.05, 0.1) is 5.69 Å². The molecule has 0 aliphatic heterocycles. The highest BCUT2D eigenvalue weighted by Crippen LogP contribution is 2.29. The third-order valence-corrected chi connectivity index (χ3v) is 3.16. The Bertz CT molecular complexity index is 548. The Labute approximate surface area is 110 Å². The van der Waals surface area contributed by atoms with Crippen molar-refractivity contribution < 1.29 is 0 Å². The number of aryl methyl sites for hydroxylation is 2. The van der Waals surface area contributed by atoms with E-state index in [1.807, 2.05) is 6.07 Å². The monoisotopic (exact) mass is 239 g/mol. The van der Waals surface area contributed by atoms with Crippen LogP contribution in [0.1, 0.15) is 37.6 Å². The van der Waals surface area contributed by atoms with Gasteiger partial charge in [-0.25, -0.2) is 0 Å². The fraction of sp³-hybridized carbons (Fsp3) is 0.353. The molecule has 0 aliphatic rings. The molecule has 1 heterocycles. The van der Waals surface area contributed by atoms with Gasteiger partial charge < -0.3 is 0 Å². The summed E-state index contributed by atoms with van der Waals surface area (Å²) in [5.74, 6) is 0. The van der Waals surface area contributed by atoms with E-state index in [1.54, 1.807) is 0 Å². The van der Waals surface area contributed by atoms with E-state index in [9.17, 15) is 0 Å². The number of nitrogens with zero attached hydrogens (tertiary/aromatic N) is 1. The van der Waals surface area contributed by atoms with Gasteiger partial charge in [-0.2, -0.15) is 0 Å². The van der Waals surface area contributed by atoms with Crippen LogP contribution in [0.25, 0.3) is 11.3 Å². The molecular weight excluding hydrogens is 218 g/mol. The van der Waals surface area contributed by atoms with E-state index < -0.39 is 0 Å². The maximum Gasteiger partial charge on any atom is 0.0734 e. The minimum absolute atomic E-state index is 0.0846. The smallest absolute Gasteiger partial charge is 0.0734 e. The second-order valence-corrected chi connectivity index (χ2v) is 5.94. The van der Waals surface area contributed by atoms with Crippen molar-refractivity contribution in [2.24, 2.45) is 0 Å². The number of hydrogen-bond acceptors (Lipinski definition) is 1. The Kier molecular flexibility index (Phi) is 3.25. The molecule has 0 bridgehead atoms. The van der Waals surface area contributed by atoms with Crippen molar-refractivity contribution in [3.8, 4) is 11.3 Å². The van der Waals surface area contributed by atoms with E-state index in [2.05, 4.69) is 65.0 Å². The first-order valence-corrected chi connectivity index (χ1v) is 6.44. The molecule has 18 heavy (non-hydrogen) atoms. The molecule has 0 N–H and O–H groups in total. The van der Waals surface area contributed by atoms with Crippen molar-refractivity contribution in [1.82, 2.24) is 4.98 Å². The molecule has 0 saturated carbocycles. The Balaban J connectivity index is 2.63. The lowest BCUT2D eigenvalue weighted by molar-refractivity contribution is 0.565. The Hall–Kier alpha value is -1.63. The summed E-state index contributed by atoms with van der Waals surface area (Å²) in [7, 11) is 0. The summed E-state index contributed by atoms with van der Waals surface area (Å²) in [6.07, 6.45) is 0. The first-order chi connectivity index (χ1) is 8.39. The van der Waals surface area contributed by atoms with E-state index in [1.165, 1.54) is 22.4 Å². The summed E-state index contributed by atoms with van der Waals surface area (Å²) in [5.41, 5.74) is 6.09. The first kappa shape index (κ1) is 12.8. The average Bonchev–Trinajstić information content (AvgIpc) is 2.28. The second-order valence-electron chi connectivity index (χ2n) is 5.94. The lowest BCUT2D eigenvalue weighted by Crippen LogP contribution is -2.16. The minimum atomic E-state index is 0.0846. The zero-order valence-corrected chi connectivity index (χ0v) is 11.9. The van der Waals surface area contributed by atoms with Gasteiger partial charge in [0, 0.05) is 16.7 Å². The van der Waals surface area contributed by atoms with Crippen LogP contribution in [0.5, 0.6) is 0 Å². The zero-order valence-electron chi connectivity index (χ0n) is 11.9. The van der Waals surface area contributed by atoms with Crippen LogP contribution < -0.4 is 0 Å². The lowest BCUT2D eigenvalue weighted by atomic mass is 9.87. The van der Waals surface area contributed by atoms with E-state index in [0.29, 0.717) is 0 Å². The maximum atomic E-state index is 4.91. The van der Waals surface area contributed by atoms with Crippen LogP contribution in [-0.4, -0.2) is 4.98 Å². The molecule has 0 unspecified atom stereocenters. The average molecular weight is 239 g/mol. The zero-order chi connectivity index (χ0) is 13.3. The Morgan fingerprint density at radius 2 is 1.50 bits per heavy atom. The van der Waals surface area contributed by atoms with Crippen molar-refractivity contribution in [2.45, 2.75) is 40.0 Å². The molecule has 0 spiro atoms. The minimum Gasteiger partial charge on any atom is -0.252 e. The number of hydrogen-bond donors (Lipinski definition) is 0. The van der Waals surface area contributed by atoms with Gasteiger partial charge in [0.25, 0.3) is 0 Å². The maximum absolute atomic E-state index is 4.91. The summed E-state index contributed by atoms with van der Waals surface area (Å²) in [4.78, 5) is 4.91. The van der Waals surface area contributed by atoms with E-state index in [0.717, 1.165) is 5.69 Å².